The summed E-state index contributed by atoms with van der Waals surface area (Å²) in [6.45, 7) is 0. The quantitative estimate of drug-likeness (QED) is 0.448. The van der Waals surface area contributed by atoms with E-state index in [0.29, 0.717) is 16.5 Å². The molecule has 0 amide bonds. The van der Waals surface area contributed by atoms with E-state index < -0.39 is 0 Å². The fraction of sp³-hybridized carbons (Fsp3) is 0.174. The molecule has 3 nitrogen and oxygen atoms in total. The molecule has 0 radical (unpaired) electrons. The first-order chi connectivity index (χ1) is 14.1. The fourth-order valence-electron chi connectivity index (χ4n) is 4.19. The Morgan fingerprint density at radius 2 is 1.79 bits per heavy atom. The van der Waals surface area contributed by atoms with Crippen LogP contribution in [-0.4, -0.2) is 5.78 Å². The number of thiophene rings is 1. The minimum Gasteiger partial charge on any atom is -0.372 e. The monoisotopic (exact) mass is 440 g/mol. The zero-order valence-electron chi connectivity index (χ0n) is 15.4. The van der Waals surface area contributed by atoms with E-state index in [0.717, 1.165) is 34.6 Å². The van der Waals surface area contributed by atoms with Crippen LogP contribution in [0.25, 0.3) is 0 Å². The van der Waals surface area contributed by atoms with Gasteiger partial charge >= 0.3 is 0 Å². The number of halogens is 2. The van der Waals surface area contributed by atoms with Gasteiger partial charge in [0.1, 0.15) is 0 Å². The Balaban J connectivity index is 1.65. The molecule has 2 heterocycles. The molecule has 29 heavy (non-hydrogen) atoms. The van der Waals surface area contributed by atoms with E-state index >= 15 is 0 Å². The van der Waals surface area contributed by atoms with Gasteiger partial charge < -0.3 is 10.6 Å². The lowest BCUT2D eigenvalue weighted by Crippen LogP contribution is -2.26. The summed E-state index contributed by atoms with van der Waals surface area (Å²) in [5, 5.41) is 10.3. The van der Waals surface area contributed by atoms with Crippen LogP contribution in [0.5, 0.6) is 0 Å². The van der Waals surface area contributed by atoms with Gasteiger partial charge in [-0.2, -0.15) is 0 Å². The van der Waals surface area contributed by atoms with Gasteiger partial charge in [0.15, 0.2) is 5.78 Å². The third-order valence-corrected chi connectivity index (χ3v) is 7.13. The maximum atomic E-state index is 13.4. The van der Waals surface area contributed by atoms with Crippen molar-refractivity contribution in [3.05, 3.63) is 91.7 Å². The molecule has 0 bridgehead atoms. The molecule has 0 saturated carbocycles. The normalized spacial score (nSPS) is 21.0. The number of anilines is 2. The van der Waals surface area contributed by atoms with Crippen LogP contribution in [0.15, 0.2) is 71.2 Å². The summed E-state index contributed by atoms with van der Waals surface area (Å²) in [5.41, 5.74) is 4.49. The molecule has 2 aromatic carbocycles. The molecule has 0 fully saturated rings. The van der Waals surface area contributed by atoms with Crippen molar-refractivity contribution in [2.24, 2.45) is 0 Å². The molecule has 0 spiro atoms. The maximum absolute atomic E-state index is 13.4. The van der Waals surface area contributed by atoms with Crippen molar-refractivity contribution in [1.29, 1.82) is 0 Å². The highest BCUT2D eigenvalue weighted by Gasteiger charge is 2.36. The van der Waals surface area contributed by atoms with E-state index in [9.17, 15) is 4.79 Å². The zero-order chi connectivity index (χ0) is 20.0. The Kier molecular flexibility index (Phi) is 4.86. The first-order valence-electron chi connectivity index (χ1n) is 9.47. The number of fused-ring (bicyclic) bond motifs is 1. The van der Waals surface area contributed by atoms with Gasteiger partial charge in [0, 0.05) is 38.5 Å². The average Bonchev–Trinajstić information content (AvgIpc) is 3.17. The Morgan fingerprint density at radius 1 is 0.966 bits per heavy atom. The van der Waals surface area contributed by atoms with Crippen molar-refractivity contribution in [2.45, 2.75) is 24.8 Å². The van der Waals surface area contributed by atoms with Crippen molar-refractivity contribution in [1.82, 2.24) is 0 Å². The van der Waals surface area contributed by atoms with Crippen molar-refractivity contribution < 1.29 is 4.79 Å². The number of carbonyl (C=O) groups excluding carboxylic acids is 1. The Morgan fingerprint density at radius 3 is 2.55 bits per heavy atom. The van der Waals surface area contributed by atoms with Crippen molar-refractivity contribution in [3.63, 3.8) is 0 Å². The Labute approximate surface area is 183 Å². The van der Waals surface area contributed by atoms with Gasteiger partial charge in [-0.1, -0.05) is 47.5 Å². The number of allylic oxidation sites excluding steroid dienone is 1. The zero-order valence-corrected chi connectivity index (χ0v) is 17.7. The Hall–Kier alpha value is -2.27. The second-order valence-electron chi connectivity index (χ2n) is 7.35. The van der Waals surface area contributed by atoms with Crippen molar-refractivity contribution in [2.75, 3.05) is 10.6 Å². The summed E-state index contributed by atoms with van der Waals surface area (Å²) in [6, 6.07) is 17.3. The molecule has 0 saturated heterocycles. The van der Waals surface area contributed by atoms with E-state index in [4.69, 9.17) is 23.2 Å². The fourth-order valence-corrected chi connectivity index (χ4v) is 5.53. The third-order valence-electron chi connectivity index (χ3n) is 5.53. The second kappa shape index (κ2) is 7.52. The van der Waals surface area contributed by atoms with Crippen molar-refractivity contribution >= 4 is 51.7 Å². The molecular formula is C23H18Cl2N2OS. The summed E-state index contributed by atoms with van der Waals surface area (Å²) >= 11 is 14.4. The van der Waals surface area contributed by atoms with Crippen molar-refractivity contribution in [3.8, 4) is 0 Å². The molecule has 2 aliphatic rings. The van der Waals surface area contributed by atoms with E-state index in [2.05, 4.69) is 22.1 Å². The van der Waals surface area contributed by atoms with E-state index in [1.807, 2.05) is 42.5 Å². The van der Waals surface area contributed by atoms with Crippen LogP contribution in [0.3, 0.4) is 0 Å². The minimum absolute atomic E-state index is 0.147. The first-order valence-corrected chi connectivity index (χ1v) is 11.1. The summed E-state index contributed by atoms with van der Waals surface area (Å²) < 4.78 is 0. The lowest BCUT2D eigenvalue weighted by Gasteiger charge is -2.29. The van der Waals surface area contributed by atoms with Gasteiger partial charge in [0.25, 0.3) is 0 Å². The number of hydrogen-bond acceptors (Lipinski definition) is 4. The van der Waals surface area contributed by atoms with Gasteiger partial charge in [-0.25, -0.2) is 0 Å². The molecule has 2 unspecified atom stereocenters. The average molecular weight is 441 g/mol. The van der Waals surface area contributed by atoms with Gasteiger partial charge in [-0.3, -0.25) is 4.79 Å². The first kappa shape index (κ1) is 18.7. The van der Waals surface area contributed by atoms with E-state index in [1.165, 1.54) is 4.88 Å². The molecule has 1 aliphatic heterocycles. The summed E-state index contributed by atoms with van der Waals surface area (Å²) in [5.74, 6) is 0.342. The molecule has 2 N–H and O–H groups in total. The number of rotatable bonds is 2. The molecule has 146 valence electrons. The van der Waals surface area contributed by atoms with Gasteiger partial charge in [-0.05, 0) is 47.7 Å². The molecule has 1 aliphatic carbocycles. The molecule has 5 rings (SSSR count). The number of Topliss-reactive ketones (excluding diaryl/α,β-unsaturated/α-hetero) is 1. The van der Waals surface area contributed by atoms with Gasteiger partial charge in [0.05, 0.1) is 17.4 Å². The summed E-state index contributed by atoms with van der Waals surface area (Å²) in [6.07, 6.45) is 1.29. The lowest BCUT2D eigenvalue weighted by molar-refractivity contribution is -0.116. The SMILES string of the molecule is O=C1CC(c2cccs2)CC2=C1C(c1ccc(Cl)cc1Cl)Nc1ccccc1N2. The smallest absolute Gasteiger partial charge is 0.163 e. The van der Waals surface area contributed by atoms with Crippen LogP contribution < -0.4 is 10.6 Å². The summed E-state index contributed by atoms with van der Waals surface area (Å²) in [7, 11) is 0. The highest BCUT2D eigenvalue weighted by molar-refractivity contribution is 7.10. The number of benzene rings is 2. The lowest BCUT2D eigenvalue weighted by atomic mass is 9.81. The predicted octanol–water partition coefficient (Wildman–Crippen LogP) is 7.03. The van der Waals surface area contributed by atoms with Crippen LogP contribution in [0, 0.1) is 0 Å². The van der Waals surface area contributed by atoms with Crippen LogP contribution in [-0.2, 0) is 4.79 Å². The van der Waals surface area contributed by atoms with Crippen LogP contribution in [0.2, 0.25) is 10.0 Å². The van der Waals surface area contributed by atoms with Crippen LogP contribution in [0.1, 0.15) is 35.2 Å². The maximum Gasteiger partial charge on any atom is 0.163 e. The number of hydrogen-bond donors (Lipinski definition) is 2. The number of nitrogens with one attached hydrogen (secondary N) is 2. The number of ketones is 1. The van der Waals surface area contributed by atoms with Crippen LogP contribution in [0.4, 0.5) is 11.4 Å². The molecule has 2 atom stereocenters. The van der Waals surface area contributed by atoms with E-state index in [1.54, 1.807) is 17.4 Å². The van der Waals surface area contributed by atoms with Gasteiger partial charge in [0.2, 0.25) is 0 Å². The molecule has 3 aromatic rings. The second-order valence-corrected chi connectivity index (χ2v) is 9.17. The molecular weight excluding hydrogens is 423 g/mol. The standard InChI is InChI=1S/C23H18Cl2N2OS/c24-14-7-8-15(16(25)12-14)23-22-19(26-17-4-1-2-5-18(17)27-23)10-13(11-20(22)28)21-6-3-9-29-21/h1-9,12-13,23,26-27H,10-11H2. The molecule has 6 heteroatoms. The number of carbonyl (C=O) groups is 1. The minimum atomic E-state index is -0.331. The number of para-hydroxylation sites is 2. The molecule has 1 aromatic heterocycles. The predicted molar refractivity (Wildman–Crippen MR) is 121 cm³/mol. The summed E-state index contributed by atoms with van der Waals surface area (Å²) in [4.78, 5) is 14.6. The highest BCUT2D eigenvalue weighted by atomic mass is 35.5. The highest BCUT2D eigenvalue weighted by Crippen LogP contribution is 2.46. The van der Waals surface area contributed by atoms with E-state index in [-0.39, 0.29) is 17.7 Å². The van der Waals surface area contributed by atoms with Gasteiger partial charge in [-0.15, -0.1) is 11.3 Å². The topological polar surface area (TPSA) is 41.1 Å². The van der Waals surface area contributed by atoms with Crippen LogP contribution >= 0.6 is 34.5 Å². The third kappa shape index (κ3) is 3.46. The largest absolute Gasteiger partial charge is 0.372 e. The Bertz CT molecular complexity index is 1120.